The quantitative estimate of drug-likeness (QED) is 0.488. The lowest BCUT2D eigenvalue weighted by atomic mass is 9.87. The molecule has 2 aromatic rings. The van der Waals surface area contributed by atoms with Gasteiger partial charge in [0.05, 0.1) is 0 Å². The molecule has 0 saturated heterocycles. The lowest BCUT2D eigenvalue weighted by molar-refractivity contribution is 0.874. The molecular weight excluding hydrogens is 328 g/mol. The fourth-order valence-electron chi connectivity index (χ4n) is 4.09. The van der Waals surface area contributed by atoms with Crippen molar-refractivity contribution in [3.63, 3.8) is 0 Å². The first-order chi connectivity index (χ1) is 13.1. The molecule has 0 unspecified atom stereocenters. The molecule has 0 aromatic heterocycles. The molecule has 0 aliphatic carbocycles. The molecule has 27 heavy (non-hydrogen) atoms. The van der Waals surface area contributed by atoms with Gasteiger partial charge in [-0.05, 0) is 59.1 Å². The maximum absolute atomic E-state index is 6.68. The molecule has 0 spiro atoms. The maximum Gasteiger partial charge on any atom is 0.0385 e. The van der Waals surface area contributed by atoms with Gasteiger partial charge in [0.25, 0.3) is 0 Å². The highest BCUT2D eigenvalue weighted by Crippen LogP contribution is 2.32. The van der Waals surface area contributed by atoms with Crippen molar-refractivity contribution in [3.05, 3.63) is 57.6 Å². The molecule has 0 atom stereocenters. The zero-order valence-electron chi connectivity index (χ0n) is 17.8. The van der Waals surface area contributed by atoms with Gasteiger partial charge in [-0.1, -0.05) is 77.6 Å². The Bertz CT molecular complexity index is 683. The molecule has 2 nitrogen and oxygen atoms in total. The monoisotopic (exact) mass is 366 g/mol. The number of hydrogen-bond acceptors (Lipinski definition) is 2. The van der Waals surface area contributed by atoms with Gasteiger partial charge in [0.15, 0.2) is 0 Å². The van der Waals surface area contributed by atoms with E-state index in [2.05, 4.69) is 52.0 Å². The second-order valence-electron chi connectivity index (χ2n) is 7.73. The van der Waals surface area contributed by atoms with Crippen molar-refractivity contribution < 1.29 is 0 Å². The van der Waals surface area contributed by atoms with E-state index in [4.69, 9.17) is 11.5 Å². The van der Waals surface area contributed by atoms with E-state index < -0.39 is 0 Å². The third-order valence-electron chi connectivity index (χ3n) is 5.52. The van der Waals surface area contributed by atoms with Crippen molar-refractivity contribution in [1.82, 2.24) is 0 Å². The molecule has 0 heterocycles. The van der Waals surface area contributed by atoms with Crippen LogP contribution in [0.5, 0.6) is 0 Å². The molecule has 0 saturated carbocycles. The second-order valence-corrected chi connectivity index (χ2v) is 7.73. The van der Waals surface area contributed by atoms with E-state index >= 15 is 0 Å². The number of benzene rings is 2. The van der Waals surface area contributed by atoms with Crippen LogP contribution in [0.25, 0.3) is 0 Å². The average Bonchev–Trinajstić information content (AvgIpc) is 2.65. The zero-order chi connectivity index (χ0) is 19.8. The largest absolute Gasteiger partial charge is 0.398 e. The summed E-state index contributed by atoms with van der Waals surface area (Å²) in [5.74, 6) is 0. The van der Waals surface area contributed by atoms with Crippen LogP contribution in [0.2, 0.25) is 0 Å². The summed E-state index contributed by atoms with van der Waals surface area (Å²) in [7, 11) is 0. The summed E-state index contributed by atoms with van der Waals surface area (Å²) in [6.07, 6.45) is 9.58. The van der Waals surface area contributed by atoms with Crippen LogP contribution < -0.4 is 11.5 Å². The minimum atomic E-state index is 0.859. The molecule has 0 aliphatic rings. The number of anilines is 2. The summed E-state index contributed by atoms with van der Waals surface area (Å²) in [6.45, 7) is 8.90. The summed E-state index contributed by atoms with van der Waals surface area (Å²) in [6, 6.07) is 9.06. The minimum Gasteiger partial charge on any atom is -0.398 e. The number of nitrogen functional groups attached to an aromatic ring is 2. The molecule has 2 aromatic carbocycles. The number of nitrogens with two attached hydrogens (primary N) is 2. The second kappa shape index (κ2) is 10.4. The Labute approximate surface area is 166 Å². The van der Waals surface area contributed by atoms with Gasteiger partial charge in [0.2, 0.25) is 0 Å². The Balaban J connectivity index is 2.56. The first-order valence-corrected chi connectivity index (χ1v) is 10.8. The van der Waals surface area contributed by atoms with Crippen molar-refractivity contribution >= 4 is 11.4 Å². The van der Waals surface area contributed by atoms with Gasteiger partial charge < -0.3 is 11.5 Å². The van der Waals surface area contributed by atoms with Crippen molar-refractivity contribution in [2.45, 2.75) is 85.5 Å². The molecular formula is C25H38N2. The molecule has 148 valence electrons. The SMILES string of the molecule is CCCc1ccc(CCC)c(Cc2c(CCC)ccc(CCC)c2N)c1N. The van der Waals surface area contributed by atoms with Crippen LogP contribution in [0.3, 0.4) is 0 Å². The summed E-state index contributed by atoms with van der Waals surface area (Å²) >= 11 is 0. The van der Waals surface area contributed by atoms with Crippen LogP contribution >= 0.6 is 0 Å². The van der Waals surface area contributed by atoms with Crippen LogP contribution in [0.1, 0.15) is 86.8 Å². The lowest BCUT2D eigenvalue weighted by Gasteiger charge is -2.20. The van der Waals surface area contributed by atoms with Crippen LogP contribution in [-0.4, -0.2) is 0 Å². The van der Waals surface area contributed by atoms with E-state index in [-0.39, 0.29) is 0 Å². The topological polar surface area (TPSA) is 52.0 Å². The van der Waals surface area contributed by atoms with Crippen LogP contribution in [-0.2, 0) is 32.1 Å². The molecule has 4 N–H and O–H groups in total. The molecule has 0 fully saturated rings. The molecule has 0 bridgehead atoms. The summed E-state index contributed by atoms with van der Waals surface area (Å²) in [5, 5.41) is 0. The van der Waals surface area contributed by atoms with Crippen molar-refractivity contribution in [2.24, 2.45) is 0 Å². The van der Waals surface area contributed by atoms with Gasteiger partial charge in [-0.2, -0.15) is 0 Å². The van der Waals surface area contributed by atoms with Crippen molar-refractivity contribution in [2.75, 3.05) is 11.5 Å². The summed E-state index contributed by atoms with van der Waals surface area (Å²) < 4.78 is 0. The number of hydrogen-bond donors (Lipinski definition) is 2. The van der Waals surface area contributed by atoms with Gasteiger partial charge in [-0.3, -0.25) is 0 Å². The molecule has 0 aliphatic heterocycles. The van der Waals surface area contributed by atoms with E-state index in [0.29, 0.717) is 0 Å². The van der Waals surface area contributed by atoms with Gasteiger partial charge in [-0.15, -0.1) is 0 Å². The fraction of sp³-hybridized carbons (Fsp3) is 0.520. The van der Waals surface area contributed by atoms with Gasteiger partial charge in [0, 0.05) is 17.8 Å². The number of aryl methyl sites for hydroxylation is 4. The zero-order valence-corrected chi connectivity index (χ0v) is 17.8. The standard InChI is InChI=1S/C25H38N2/c1-5-9-18-13-15-20(11-7-3)24(26)22(18)17-23-19(10-6-2)14-16-21(12-8-4)25(23)27/h13-16H,5-12,17,26-27H2,1-4H3. The highest BCUT2D eigenvalue weighted by Gasteiger charge is 2.16. The average molecular weight is 367 g/mol. The van der Waals surface area contributed by atoms with E-state index in [1.54, 1.807) is 0 Å². The Morgan fingerprint density at radius 1 is 0.519 bits per heavy atom. The van der Waals surface area contributed by atoms with E-state index in [0.717, 1.165) is 69.2 Å². The Hall–Kier alpha value is -1.96. The first kappa shape index (κ1) is 21.3. The Morgan fingerprint density at radius 2 is 0.815 bits per heavy atom. The lowest BCUT2D eigenvalue weighted by Crippen LogP contribution is -2.10. The van der Waals surface area contributed by atoms with Crippen LogP contribution in [0, 0.1) is 0 Å². The van der Waals surface area contributed by atoms with Crippen molar-refractivity contribution in [1.29, 1.82) is 0 Å². The highest BCUT2D eigenvalue weighted by molar-refractivity contribution is 5.64. The van der Waals surface area contributed by atoms with Crippen molar-refractivity contribution in [3.8, 4) is 0 Å². The minimum absolute atomic E-state index is 0.859. The molecule has 2 heteroatoms. The van der Waals surface area contributed by atoms with Gasteiger partial charge in [-0.25, -0.2) is 0 Å². The third kappa shape index (κ3) is 5.06. The normalized spacial score (nSPS) is 11.1. The smallest absolute Gasteiger partial charge is 0.0385 e. The predicted octanol–water partition coefficient (Wildman–Crippen LogP) is 6.25. The van der Waals surface area contributed by atoms with Gasteiger partial charge >= 0.3 is 0 Å². The molecule has 2 rings (SSSR count). The summed E-state index contributed by atoms with van der Waals surface area (Å²) in [5.41, 5.74) is 23.3. The van der Waals surface area contributed by atoms with Crippen LogP contribution in [0.4, 0.5) is 11.4 Å². The van der Waals surface area contributed by atoms with Crippen LogP contribution in [0.15, 0.2) is 24.3 Å². The Kier molecular flexibility index (Phi) is 8.22. The third-order valence-corrected chi connectivity index (χ3v) is 5.52. The number of rotatable bonds is 10. The molecule has 0 radical (unpaired) electrons. The molecule has 0 amide bonds. The fourth-order valence-corrected chi connectivity index (χ4v) is 4.09. The predicted molar refractivity (Wildman–Crippen MR) is 120 cm³/mol. The van der Waals surface area contributed by atoms with Gasteiger partial charge in [0.1, 0.15) is 0 Å². The summed E-state index contributed by atoms with van der Waals surface area (Å²) in [4.78, 5) is 0. The van der Waals surface area contributed by atoms with E-state index in [9.17, 15) is 0 Å². The first-order valence-electron chi connectivity index (χ1n) is 10.8. The van der Waals surface area contributed by atoms with E-state index in [1.807, 2.05) is 0 Å². The maximum atomic E-state index is 6.68. The highest BCUT2D eigenvalue weighted by atomic mass is 14.6. The van der Waals surface area contributed by atoms with E-state index in [1.165, 1.54) is 33.4 Å². The Morgan fingerprint density at radius 3 is 1.15 bits per heavy atom.